The quantitative estimate of drug-likeness (QED) is 0.256. The summed E-state index contributed by atoms with van der Waals surface area (Å²) in [4.78, 5) is 4.30. The molecule has 0 aliphatic heterocycles. The number of hydrogen-bond acceptors (Lipinski definition) is 5. The van der Waals surface area contributed by atoms with Gasteiger partial charge in [-0.2, -0.15) is 4.52 Å². The molecule has 1 unspecified atom stereocenters. The summed E-state index contributed by atoms with van der Waals surface area (Å²) in [6.07, 6.45) is 2.65. The second-order valence-electron chi connectivity index (χ2n) is 7.98. The number of pyridine rings is 1. The van der Waals surface area contributed by atoms with E-state index in [1.54, 1.807) is 17.0 Å². The number of tetrazole rings is 1. The lowest BCUT2D eigenvalue weighted by molar-refractivity contribution is 0.210. The Morgan fingerprint density at radius 2 is 1.46 bits per heavy atom. The van der Waals surface area contributed by atoms with Crippen LogP contribution in [0.4, 0.5) is 0 Å². The Bertz CT molecular complexity index is 1560. The molecule has 3 aromatic heterocycles. The first-order chi connectivity index (χ1) is 19.3. The van der Waals surface area contributed by atoms with Crippen molar-refractivity contribution in [3.05, 3.63) is 114 Å². The van der Waals surface area contributed by atoms with Gasteiger partial charge in [-0.25, -0.2) is 4.98 Å². The molecule has 0 fully saturated rings. The van der Waals surface area contributed by atoms with E-state index in [1.807, 2.05) is 107 Å². The molecule has 7 heteroatoms. The van der Waals surface area contributed by atoms with Gasteiger partial charge in [0.1, 0.15) is 6.10 Å². The zero-order valence-electron chi connectivity index (χ0n) is 23.7. The molecule has 7 nitrogen and oxygen atoms in total. The van der Waals surface area contributed by atoms with Gasteiger partial charge >= 0.3 is 0 Å². The predicted molar refractivity (Wildman–Crippen MR) is 160 cm³/mol. The van der Waals surface area contributed by atoms with Gasteiger partial charge in [0.25, 0.3) is 0 Å². The number of hydrogen-bond donors (Lipinski definition) is 1. The van der Waals surface area contributed by atoms with E-state index in [9.17, 15) is 5.11 Å². The number of nitrogens with zero attached hydrogens (tertiary/aromatic N) is 6. The fourth-order valence-corrected chi connectivity index (χ4v) is 4.28. The van der Waals surface area contributed by atoms with Crippen LogP contribution in [0.3, 0.4) is 0 Å². The van der Waals surface area contributed by atoms with Crippen LogP contribution in [0.15, 0.2) is 97.5 Å². The van der Waals surface area contributed by atoms with E-state index in [4.69, 9.17) is 0 Å². The SMILES string of the molecule is CC.CC.CC.OC(c1ccc2c(c1)c(-c1ccccc1)cc1nnnn12)c1cncn1Cc1ccccc1. The summed E-state index contributed by atoms with van der Waals surface area (Å²) in [5, 5.41) is 24.4. The smallest absolute Gasteiger partial charge is 0.180 e. The van der Waals surface area contributed by atoms with Gasteiger partial charge in [0.15, 0.2) is 5.65 Å². The Balaban J connectivity index is 0.000000657. The lowest BCUT2D eigenvalue weighted by atomic mass is 9.97. The molecular formula is C32H38N6O. The first-order valence-electron chi connectivity index (χ1n) is 13.7. The van der Waals surface area contributed by atoms with E-state index in [0.29, 0.717) is 12.2 Å². The van der Waals surface area contributed by atoms with E-state index < -0.39 is 6.10 Å². The topological polar surface area (TPSA) is 81.1 Å². The molecule has 0 aliphatic rings. The van der Waals surface area contributed by atoms with Crippen molar-refractivity contribution in [2.75, 3.05) is 0 Å². The molecule has 202 valence electrons. The number of aliphatic hydroxyl groups excluding tert-OH is 1. The number of aromatic nitrogens is 6. The predicted octanol–water partition coefficient (Wildman–Crippen LogP) is 7.35. The Morgan fingerprint density at radius 1 is 0.795 bits per heavy atom. The minimum atomic E-state index is -0.825. The standard InChI is InChI=1S/C26H20N6O.3C2H6/c33-26(24-15-27-17-31(24)16-18-7-3-1-4-8-18)20-11-12-23-22(13-20)21(19-9-5-2-6-10-19)14-25-28-29-30-32(23)25;3*1-2/h1-15,17,26,33H,16H2;3*1-2H3. The van der Waals surface area contributed by atoms with E-state index in [2.05, 4.69) is 44.8 Å². The molecule has 0 spiro atoms. The molecule has 0 saturated heterocycles. The molecule has 0 saturated carbocycles. The van der Waals surface area contributed by atoms with Crippen molar-refractivity contribution in [1.82, 2.24) is 29.6 Å². The molecule has 3 aromatic carbocycles. The Labute approximate surface area is 230 Å². The van der Waals surface area contributed by atoms with Gasteiger partial charge in [-0.1, -0.05) is 108 Å². The molecule has 1 N–H and O–H groups in total. The second-order valence-corrected chi connectivity index (χ2v) is 7.98. The molecule has 6 rings (SSSR count). The average molecular weight is 523 g/mol. The van der Waals surface area contributed by atoms with Crippen LogP contribution in [0.2, 0.25) is 0 Å². The van der Waals surface area contributed by atoms with Crippen molar-refractivity contribution in [3.63, 3.8) is 0 Å². The van der Waals surface area contributed by atoms with Crippen molar-refractivity contribution in [2.45, 2.75) is 54.2 Å². The molecule has 1 atom stereocenters. The fourth-order valence-electron chi connectivity index (χ4n) is 4.28. The molecule has 6 aromatic rings. The molecular weight excluding hydrogens is 484 g/mol. The Kier molecular flexibility index (Phi) is 10.9. The van der Waals surface area contributed by atoms with Crippen molar-refractivity contribution in [1.29, 1.82) is 0 Å². The minimum absolute atomic E-state index is 0.640. The maximum absolute atomic E-state index is 11.3. The number of aliphatic hydroxyl groups is 1. The first kappa shape index (κ1) is 29.2. The van der Waals surface area contributed by atoms with Gasteiger partial charge < -0.3 is 9.67 Å². The van der Waals surface area contributed by atoms with E-state index >= 15 is 0 Å². The summed E-state index contributed by atoms with van der Waals surface area (Å²) in [5.41, 5.74) is 6.30. The van der Waals surface area contributed by atoms with E-state index in [1.165, 1.54) is 0 Å². The highest BCUT2D eigenvalue weighted by Crippen LogP contribution is 2.33. The normalized spacial score (nSPS) is 10.9. The van der Waals surface area contributed by atoms with Crippen LogP contribution >= 0.6 is 0 Å². The summed E-state index contributed by atoms with van der Waals surface area (Å²) >= 11 is 0. The summed E-state index contributed by atoms with van der Waals surface area (Å²) < 4.78 is 3.70. The number of rotatable bonds is 5. The molecule has 0 radical (unpaired) electrons. The summed E-state index contributed by atoms with van der Waals surface area (Å²) in [5.74, 6) is 0. The van der Waals surface area contributed by atoms with Crippen molar-refractivity contribution >= 4 is 16.6 Å². The minimum Gasteiger partial charge on any atom is -0.382 e. The van der Waals surface area contributed by atoms with E-state index in [-0.39, 0.29) is 0 Å². The maximum atomic E-state index is 11.3. The molecule has 39 heavy (non-hydrogen) atoms. The summed E-state index contributed by atoms with van der Waals surface area (Å²) in [6.45, 7) is 12.6. The summed E-state index contributed by atoms with van der Waals surface area (Å²) in [7, 11) is 0. The van der Waals surface area contributed by atoms with Gasteiger partial charge in [-0.05, 0) is 50.9 Å². The lowest BCUT2D eigenvalue weighted by Crippen LogP contribution is -2.09. The Morgan fingerprint density at radius 3 is 2.15 bits per heavy atom. The van der Waals surface area contributed by atoms with Gasteiger partial charge in [-0.3, -0.25) is 0 Å². The number of imidazole rings is 1. The highest BCUT2D eigenvalue weighted by atomic mass is 16.3. The molecule has 0 bridgehead atoms. The van der Waals surface area contributed by atoms with Gasteiger partial charge in [0.05, 0.1) is 23.7 Å². The Hall–Kier alpha value is -4.36. The van der Waals surface area contributed by atoms with Crippen LogP contribution in [0.25, 0.3) is 27.7 Å². The highest BCUT2D eigenvalue weighted by Gasteiger charge is 2.18. The van der Waals surface area contributed by atoms with Crippen LogP contribution in [-0.2, 0) is 6.54 Å². The van der Waals surface area contributed by atoms with Gasteiger partial charge in [0, 0.05) is 11.9 Å². The second kappa shape index (κ2) is 14.5. The van der Waals surface area contributed by atoms with Crippen molar-refractivity contribution in [3.8, 4) is 11.1 Å². The van der Waals surface area contributed by atoms with Crippen molar-refractivity contribution in [2.24, 2.45) is 0 Å². The lowest BCUT2D eigenvalue weighted by Gasteiger charge is -2.16. The third kappa shape index (κ3) is 6.38. The number of fused-ring (bicyclic) bond motifs is 3. The highest BCUT2D eigenvalue weighted by molar-refractivity contribution is 5.97. The van der Waals surface area contributed by atoms with Gasteiger partial charge in [-0.15, -0.1) is 5.10 Å². The van der Waals surface area contributed by atoms with Gasteiger partial charge in [0.2, 0.25) is 0 Å². The molecule has 3 heterocycles. The molecule has 0 amide bonds. The van der Waals surface area contributed by atoms with Crippen LogP contribution in [0.5, 0.6) is 0 Å². The van der Waals surface area contributed by atoms with Crippen LogP contribution < -0.4 is 0 Å². The maximum Gasteiger partial charge on any atom is 0.180 e. The first-order valence-corrected chi connectivity index (χ1v) is 13.7. The zero-order valence-corrected chi connectivity index (χ0v) is 23.7. The van der Waals surface area contributed by atoms with Crippen molar-refractivity contribution < 1.29 is 5.11 Å². The van der Waals surface area contributed by atoms with Crippen LogP contribution in [0, 0.1) is 0 Å². The van der Waals surface area contributed by atoms with Crippen LogP contribution in [-0.4, -0.2) is 34.7 Å². The zero-order chi connectivity index (χ0) is 28.2. The monoisotopic (exact) mass is 522 g/mol. The fraction of sp³-hybridized carbons (Fsp3) is 0.250. The molecule has 0 aliphatic carbocycles. The average Bonchev–Trinajstić information content (AvgIpc) is 3.70. The number of benzene rings is 3. The summed E-state index contributed by atoms with van der Waals surface area (Å²) in [6, 6.07) is 28.2. The van der Waals surface area contributed by atoms with E-state index in [0.717, 1.165) is 38.9 Å². The third-order valence-electron chi connectivity index (χ3n) is 5.93. The van der Waals surface area contributed by atoms with Crippen LogP contribution in [0.1, 0.15) is 64.5 Å². The third-order valence-corrected chi connectivity index (χ3v) is 5.93. The largest absolute Gasteiger partial charge is 0.382 e.